The van der Waals surface area contributed by atoms with Crippen molar-refractivity contribution in [2.45, 2.75) is 25.6 Å². The number of aliphatic hydroxyl groups excluding tert-OH is 1. The molecule has 1 atom stereocenters. The van der Waals surface area contributed by atoms with E-state index in [0.29, 0.717) is 23.5 Å². The van der Waals surface area contributed by atoms with E-state index in [2.05, 4.69) is 15.2 Å². The van der Waals surface area contributed by atoms with Gasteiger partial charge in [-0.15, -0.1) is 0 Å². The Bertz CT molecular complexity index is 1490. The Labute approximate surface area is 204 Å². The lowest BCUT2D eigenvalue weighted by Gasteiger charge is -2.22. The van der Waals surface area contributed by atoms with E-state index in [0.717, 1.165) is 11.1 Å². The lowest BCUT2D eigenvalue weighted by atomic mass is 9.98. The molecule has 0 fully saturated rings. The predicted octanol–water partition coefficient (Wildman–Crippen LogP) is 2.11. The van der Waals surface area contributed by atoms with Gasteiger partial charge in [-0.3, -0.25) is 14.2 Å². The van der Waals surface area contributed by atoms with E-state index < -0.39 is 17.5 Å². The van der Waals surface area contributed by atoms with Crippen molar-refractivity contribution in [1.82, 2.24) is 24.3 Å². The van der Waals surface area contributed by atoms with Crippen LogP contribution < -0.4 is 10.3 Å². The monoisotopic (exact) mass is 490 g/mol. The van der Waals surface area contributed by atoms with Crippen LogP contribution in [0.3, 0.4) is 0 Å². The van der Waals surface area contributed by atoms with Crippen molar-refractivity contribution in [3.8, 4) is 5.75 Å². The summed E-state index contributed by atoms with van der Waals surface area (Å²) in [5.41, 5.74) is 2.15. The SMILES string of the molecule is COc1ccc(C2=NN(C(=O)Cn3cnc4c(cnn4CCO)c3=O)[C@@H](c3ccc(F)cc3)C2)cc1. The molecule has 11 heteroatoms. The highest BCUT2D eigenvalue weighted by Gasteiger charge is 2.33. The Balaban J connectivity index is 1.46. The van der Waals surface area contributed by atoms with Crippen molar-refractivity contribution in [2.75, 3.05) is 13.7 Å². The highest BCUT2D eigenvalue weighted by molar-refractivity contribution is 6.03. The number of aliphatic hydroxyl groups is 1. The number of carbonyl (C=O) groups excluding carboxylic acids is 1. The maximum absolute atomic E-state index is 13.6. The van der Waals surface area contributed by atoms with E-state index in [4.69, 9.17) is 9.84 Å². The fourth-order valence-corrected chi connectivity index (χ4v) is 4.23. The largest absolute Gasteiger partial charge is 0.497 e. The van der Waals surface area contributed by atoms with Gasteiger partial charge >= 0.3 is 0 Å². The highest BCUT2D eigenvalue weighted by atomic mass is 19.1. The minimum Gasteiger partial charge on any atom is -0.497 e. The van der Waals surface area contributed by atoms with Crippen molar-refractivity contribution in [3.63, 3.8) is 0 Å². The van der Waals surface area contributed by atoms with Gasteiger partial charge in [0.2, 0.25) is 0 Å². The number of hydrogen-bond acceptors (Lipinski definition) is 7. The molecule has 0 saturated carbocycles. The molecular weight excluding hydrogens is 467 g/mol. The first kappa shape index (κ1) is 23.4. The summed E-state index contributed by atoms with van der Waals surface area (Å²) in [6, 6.07) is 12.8. The third-order valence-corrected chi connectivity index (χ3v) is 6.08. The second kappa shape index (κ2) is 9.70. The summed E-state index contributed by atoms with van der Waals surface area (Å²) in [6.07, 6.45) is 3.08. The smallest absolute Gasteiger partial charge is 0.264 e. The molecule has 1 amide bonds. The number of halogens is 1. The second-order valence-electron chi connectivity index (χ2n) is 8.29. The first-order valence-corrected chi connectivity index (χ1v) is 11.3. The van der Waals surface area contributed by atoms with E-state index in [1.54, 1.807) is 19.2 Å². The molecule has 3 heterocycles. The highest BCUT2D eigenvalue weighted by Crippen LogP contribution is 2.33. The van der Waals surface area contributed by atoms with Crippen molar-refractivity contribution in [1.29, 1.82) is 0 Å². The number of hydrazone groups is 1. The quantitative estimate of drug-likeness (QED) is 0.424. The summed E-state index contributed by atoms with van der Waals surface area (Å²) in [6.45, 7) is -0.229. The van der Waals surface area contributed by atoms with E-state index >= 15 is 0 Å². The molecule has 36 heavy (non-hydrogen) atoms. The molecule has 5 rings (SSSR count). The van der Waals surface area contributed by atoms with Crippen LogP contribution in [-0.2, 0) is 17.9 Å². The van der Waals surface area contributed by atoms with Gasteiger partial charge in [0.15, 0.2) is 5.65 Å². The summed E-state index contributed by atoms with van der Waals surface area (Å²) in [7, 11) is 1.58. The molecule has 1 aliphatic heterocycles. The number of carbonyl (C=O) groups is 1. The average Bonchev–Trinajstić information content (AvgIpc) is 3.52. The molecule has 2 aromatic heterocycles. The molecule has 0 spiro atoms. The van der Waals surface area contributed by atoms with Crippen LogP contribution in [0.5, 0.6) is 5.75 Å². The molecule has 1 aliphatic rings. The summed E-state index contributed by atoms with van der Waals surface area (Å²) < 4.78 is 21.4. The Hall–Kier alpha value is -4.38. The third kappa shape index (κ3) is 4.36. The molecular formula is C25H23FN6O4. The molecule has 10 nitrogen and oxygen atoms in total. The zero-order valence-corrected chi connectivity index (χ0v) is 19.4. The van der Waals surface area contributed by atoms with Gasteiger partial charge in [-0.25, -0.2) is 19.1 Å². The number of nitrogens with zero attached hydrogens (tertiary/aromatic N) is 6. The van der Waals surface area contributed by atoms with Crippen molar-refractivity contribution in [3.05, 3.63) is 88.4 Å². The standard InChI is InChI=1S/C25H23FN6O4/c1-36-19-8-4-16(5-9-19)21-12-22(17-2-6-18(26)7-3-17)32(29-21)23(34)14-30-15-27-24-20(25(30)35)13-28-31(24)10-11-33/h2-9,13,15,22,33H,10-12,14H2,1H3/t22-/m1/s1. The molecule has 0 saturated heterocycles. The van der Waals surface area contributed by atoms with Crippen LogP contribution in [0.1, 0.15) is 23.6 Å². The lowest BCUT2D eigenvalue weighted by Crippen LogP contribution is -2.34. The third-order valence-electron chi connectivity index (χ3n) is 6.08. The van der Waals surface area contributed by atoms with Crippen molar-refractivity contribution in [2.24, 2.45) is 5.10 Å². The zero-order chi connectivity index (χ0) is 25.2. The van der Waals surface area contributed by atoms with Crippen LogP contribution in [0.2, 0.25) is 0 Å². The molecule has 0 unspecified atom stereocenters. The fourth-order valence-electron chi connectivity index (χ4n) is 4.23. The molecule has 1 N–H and O–H groups in total. The molecule has 0 radical (unpaired) electrons. The second-order valence-corrected chi connectivity index (χ2v) is 8.29. The van der Waals surface area contributed by atoms with Gasteiger partial charge in [0.05, 0.1) is 38.2 Å². The van der Waals surface area contributed by atoms with E-state index in [1.807, 2.05) is 24.3 Å². The Kier molecular flexibility index (Phi) is 6.30. The molecule has 2 aromatic carbocycles. The minimum absolute atomic E-state index is 0.145. The van der Waals surface area contributed by atoms with Gasteiger partial charge in [-0.1, -0.05) is 12.1 Å². The van der Waals surface area contributed by atoms with Gasteiger partial charge in [0.1, 0.15) is 29.8 Å². The molecule has 0 bridgehead atoms. The van der Waals surface area contributed by atoms with Gasteiger partial charge in [0, 0.05) is 6.42 Å². The fraction of sp³-hybridized carbons (Fsp3) is 0.240. The van der Waals surface area contributed by atoms with Crippen molar-refractivity contribution >= 4 is 22.7 Å². The number of rotatable bonds is 7. The van der Waals surface area contributed by atoms with Crippen LogP contribution in [0.4, 0.5) is 4.39 Å². The minimum atomic E-state index is -0.463. The molecule has 0 aliphatic carbocycles. The lowest BCUT2D eigenvalue weighted by molar-refractivity contribution is -0.133. The van der Waals surface area contributed by atoms with Crippen LogP contribution >= 0.6 is 0 Å². The summed E-state index contributed by atoms with van der Waals surface area (Å²) >= 11 is 0. The topological polar surface area (TPSA) is 115 Å². The normalized spacial score (nSPS) is 15.4. The number of aromatic nitrogens is 4. The first-order valence-electron chi connectivity index (χ1n) is 11.3. The first-order chi connectivity index (χ1) is 17.5. The average molecular weight is 490 g/mol. The molecule has 184 valence electrons. The number of benzene rings is 2. The van der Waals surface area contributed by atoms with Crippen LogP contribution in [-0.4, -0.2) is 54.8 Å². The summed E-state index contributed by atoms with van der Waals surface area (Å²) in [5, 5.41) is 19.4. The van der Waals surface area contributed by atoms with Crippen LogP contribution in [0, 0.1) is 5.82 Å². The molecule has 4 aromatic rings. The van der Waals surface area contributed by atoms with Gasteiger partial charge in [-0.05, 0) is 47.5 Å². The zero-order valence-electron chi connectivity index (χ0n) is 19.4. The number of fused-ring (bicyclic) bond motifs is 1. The maximum atomic E-state index is 13.6. The van der Waals surface area contributed by atoms with E-state index in [9.17, 15) is 14.0 Å². The van der Waals surface area contributed by atoms with E-state index in [-0.39, 0.29) is 30.9 Å². The van der Waals surface area contributed by atoms with Gasteiger partial charge < -0.3 is 9.84 Å². The van der Waals surface area contributed by atoms with Crippen LogP contribution in [0.25, 0.3) is 11.0 Å². The van der Waals surface area contributed by atoms with Gasteiger partial charge in [-0.2, -0.15) is 10.2 Å². The number of ether oxygens (including phenoxy) is 1. The van der Waals surface area contributed by atoms with Gasteiger partial charge in [0.25, 0.3) is 11.5 Å². The summed E-state index contributed by atoms with van der Waals surface area (Å²) in [5.74, 6) is -0.0950. The Morgan fingerprint density at radius 1 is 1.17 bits per heavy atom. The number of hydrogen-bond donors (Lipinski definition) is 1. The number of methoxy groups -OCH3 is 1. The predicted molar refractivity (Wildman–Crippen MR) is 129 cm³/mol. The Morgan fingerprint density at radius 2 is 1.92 bits per heavy atom. The van der Waals surface area contributed by atoms with E-state index in [1.165, 1.54) is 38.9 Å². The van der Waals surface area contributed by atoms with Crippen LogP contribution in [0.15, 0.2) is 71.0 Å². The summed E-state index contributed by atoms with van der Waals surface area (Å²) in [4.78, 5) is 30.7. The number of amides is 1. The maximum Gasteiger partial charge on any atom is 0.264 e. The Morgan fingerprint density at radius 3 is 2.61 bits per heavy atom. The van der Waals surface area contributed by atoms with Crippen molar-refractivity contribution < 1.29 is 19.0 Å².